The standard InChI is InChI=1S/C6H2ClF2I2N/c7-4-2(10)1-3(11)12-5(4)6(8)9/h1,6H. The van der Waals surface area contributed by atoms with Crippen LogP contribution in [0.4, 0.5) is 8.78 Å². The molecule has 1 rings (SSSR count). The summed E-state index contributed by atoms with van der Waals surface area (Å²) in [6.45, 7) is 0. The Morgan fingerprint density at radius 3 is 2.50 bits per heavy atom. The molecule has 12 heavy (non-hydrogen) atoms. The molecular weight excluding hydrogens is 413 g/mol. The van der Waals surface area contributed by atoms with Gasteiger partial charge in [0.2, 0.25) is 0 Å². The van der Waals surface area contributed by atoms with E-state index in [0.717, 1.165) is 0 Å². The first-order chi connectivity index (χ1) is 5.52. The molecule has 1 nitrogen and oxygen atoms in total. The van der Waals surface area contributed by atoms with Crippen LogP contribution in [0.5, 0.6) is 0 Å². The lowest BCUT2D eigenvalue weighted by Gasteiger charge is -2.04. The van der Waals surface area contributed by atoms with Crippen LogP contribution in [0.1, 0.15) is 12.1 Å². The van der Waals surface area contributed by atoms with Crippen LogP contribution in [0.2, 0.25) is 5.02 Å². The third kappa shape index (κ3) is 2.38. The van der Waals surface area contributed by atoms with Gasteiger partial charge in [0.15, 0.2) is 0 Å². The lowest BCUT2D eigenvalue weighted by Crippen LogP contribution is -1.96. The number of aromatic nitrogens is 1. The molecule has 0 bridgehead atoms. The molecule has 0 amide bonds. The molecule has 0 aliphatic heterocycles. The van der Waals surface area contributed by atoms with Gasteiger partial charge in [0, 0.05) is 3.57 Å². The largest absolute Gasteiger partial charge is 0.281 e. The molecule has 0 saturated carbocycles. The highest BCUT2D eigenvalue weighted by Crippen LogP contribution is 2.29. The average Bonchev–Trinajstić information content (AvgIpc) is 1.96. The van der Waals surface area contributed by atoms with Crippen LogP contribution in [0.15, 0.2) is 6.07 Å². The second kappa shape index (κ2) is 4.32. The summed E-state index contributed by atoms with van der Waals surface area (Å²) in [5.74, 6) is 0. The second-order valence-corrected chi connectivity index (χ2v) is 4.57. The van der Waals surface area contributed by atoms with Crippen molar-refractivity contribution < 1.29 is 8.78 Å². The summed E-state index contributed by atoms with van der Waals surface area (Å²) in [5.41, 5.74) is -0.340. The van der Waals surface area contributed by atoms with E-state index in [9.17, 15) is 8.78 Å². The lowest BCUT2D eigenvalue weighted by molar-refractivity contribution is 0.146. The fourth-order valence-electron chi connectivity index (χ4n) is 0.631. The highest BCUT2D eigenvalue weighted by atomic mass is 127. The van der Waals surface area contributed by atoms with Gasteiger partial charge in [-0.25, -0.2) is 13.8 Å². The maximum absolute atomic E-state index is 12.2. The Morgan fingerprint density at radius 1 is 1.42 bits per heavy atom. The number of pyridine rings is 1. The van der Waals surface area contributed by atoms with E-state index in [1.165, 1.54) is 0 Å². The predicted molar refractivity (Wildman–Crippen MR) is 59.6 cm³/mol. The van der Waals surface area contributed by atoms with Gasteiger partial charge >= 0.3 is 0 Å². The molecule has 0 saturated heterocycles. The maximum atomic E-state index is 12.2. The van der Waals surface area contributed by atoms with Gasteiger partial charge in [-0.05, 0) is 51.2 Å². The summed E-state index contributed by atoms with van der Waals surface area (Å²) in [6.07, 6.45) is -2.61. The smallest absolute Gasteiger partial charge is 0.239 e. The van der Waals surface area contributed by atoms with E-state index in [1.54, 1.807) is 6.07 Å². The highest BCUT2D eigenvalue weighted by Gasteiger charge is 2.16. The Kier molecular flexibility index (Phi) is 3.90. The molecule has 0 N–H and O–H groups in total. The molecule has 1 heterocycles. The SMILES string of the molecule is FC(F)c1nc(I)cc(I)c1Cl. The third-order valence-electron chi connectivity index (χ3n) is 1.11. The molecule has 0 unspecified atom stereocenters. The van der Waals surface area contributed by atoms with E-state index < -0.39 is 6.43 Å². The van der Waals surface area contributed by atoms with Crippen molar-refractivity contribution in [3.05, 3.63) is 24.1 Å². The van der Waals surface area contributed by atoms with Gasteiger partial charge in [-0.3, -0.25) is 0 Å². The number of nitrogens with zero attached hydrogens (tertiary/aromatic N) is 1. The second-order valence-electron chi connectivity index (χ2n) is 1.93. The van der Waals surface area contributed by atoms with Crippen molar-refractivity contribution >= 4 is 56.8 Å². The number of alkyl halides is 2. The number of hydrogen-bond acceptors (Lipinski definition) is 1. The van der Waals surface area contributed by atoms with Gasteiger partial charge in [-0.1, -0.05) is 11.6 Å². The van der Waals surface area contributed by atoms with E-state index in [-0.39, 0.29) is 10.7 Å². The van der Waals surface area contributed by atoms with Crippen LogP contribution in [-0.2, 0) is 0 Å². The molecule has 0 fully saturated rings. The molecule has 0 radical (unpaired) electrons. The van der Waals surface area contributed by atoms with Crippen molar-refractivity contribution in [2.24, 2.45) is 0 Å². The summed E-state index contributed by atoms with van der Waals surface area (Å²) in [5, 5.41) is 0.0472. The summed E-state index contributed by atoms with van der Waals surface area (Å²) >= 11 is 9.38. The molecule has 66 valence electrons. The van der Waals surface area contributed by atoms with Crippen molar-refractivity contribution in [3.63, 3.8) is 0 Å². The van der Waals surface area contributed by atoms with Crippen molar-refractivity contribution in [3.8, 4) is 0 Å². The van der Waals surface area contributed by atoms with Gasteiger partial charge in [0.05, 0.1) is 5.02 Å². The summed E-state index contributed by atoms with van der Waals surface area (Å²) in [6, 6.07) is 1.65. The molecule has 0 aliphatic carbocycles. The van der Waals surface area contributed by atoms with E-state index in [1.807, 2.05) is 45.2 Å². The Hall–Kier alpha value is 0.760. The Balaban J connectivity index is 3.28. The lowest BCUT2D eigenvalue weighted by atomic mass is 10.4. The van der Waals surface area contributed by atoms with Crippen LogP contribution >= 0.6 is 56.8 Å². The quantitative estimate of drug-likeness (QED) is 0.501. The molecule has 0 atom stereocenters. The minimum absolute atomic E-state index is 0.0472. The summed E-state index contributed by atoms with van der Waals surface area (Å²) in [7, 11) is 0. The zero-order valence-corrected chi connectivity index (χ0v) is 10.6. The average molecular weight is 415 g/mol. The molecule has 0 aromatic carbocycles. The van der Waals surface area contributed by atoms with Crippen molar-refractivity contribution in [2.75, 3.05) is 0 Å². The van der Waals surface area contributed by atoms with Crippen molar-refractivity contribution in [2.45, 2.75) is 6.43 Å². The van der Waals surface area contributed by atoms with Crippen LogP contribution in [-0.4, -0.2) is 4.98 Å². The molecule has 0 spiro atoms. The minimum atomic E-state index is -2.61. The Bertz CT molecular complexity index is 306. The molecule has 0 aliphatic rings. The third-order valence-corrected chi connectivity index (χ3v) is 3.23. The minimum Gasteiger partial charge on any atom is -0.239 e. The Morgan fingerprint density at radius 2 is 2.00 bits per heavy atom. The maximum Gasteiger partial charge on any atom is 0.281 e. The first-order valence-electron chi connectivity index (χ1n) is 2.82. The van der Waals surface area contributed by atoms with E-state index in [4.69, 9.17) is 11.6 Å². The molecule has 6 heteroatoms. The molecular formula is C6H2ClF2I2N. The van der Waals surface area contributed by atoms with Gasteiger partial charge in [-0.2, -0.15) is 0 Å². The summed E-state index contributed by atoms with van der Waals surface area (Å²) in [4.78, 5) is 3.63. The van der Waals surface area contributed by atoms with E-state index in [0.29, 0.717) is 7.27 Å². The van der Waals surface area contributed by atoms with E-state index >= 15 is 0 Å². The van der Waals surface area contributed by atoms with Gasteiger partial charge in [0.25, 0.3) is 6.43 Å². The first kappa shape index (κ1) is 10.8. The Labute approximate surface area is 100 Å². The van der Waals surface area contributed by atoms with Gasteiger partial charge in [-0.15, -0.1) is 0 Å². The van der Waals surface area contributed by atoms with Crippen molar-refractivity contribution in [1.29, 1.82) is 0 Å². The number of hydrogen-bond donors (Lipinski definition) is 0. The topological polar surface area (TPSA) is 12.9 Å². The van der Waals surface area contributed by atoms with Crippen LogP contribution in [0, 0.1) is 7.27 Å². The first-order valence-corrected chi connectivity index (χ1v) is 5.35. The zero-order chi connectivity index (χ0) is 9.30. The van der Waals surface area contributed by atoms with Crippen LogP contribution in [0.25, 0.3) is 0 Å². The van der Waals surface area contributed by atoms with Crippen LogP contribution < -0.4 is 0 Å². The van der Waals surface area contributed by atoms with Gasteiger partial charge in [0.1, 0.15) is 9.39 Å². The van der Waals surface area contributed by atoms with E-state index in [2.05, 4.69) is 4.98 Å². The monoisotopic (exact) mass is 415 g/mol. The number of halogens is 5. The van der Waals surface area contributed by atoms with Crippen LogP contribution in [0.3, 0.4) is 0 Å². The fraction of sp³-hybridized carbons (Fsp3) is 0.167. The molecule has 1 aromatic heterocycles. The number of rotatable bonds is 1. The van der Waals surface area contributed by atoms with Gasteiger partial charge < -0.3 is 0 Å². The zero-order valence-electron chi connectivity index (χ0n) is 5.49. The highest BCUT2D eigenvalue weighted by molar-refractivity contribution is 14.1. The normalized spacial score (nSPS) is 10.8. The predicted octanol–water partition coefficient (Wildman–Crippen LogP) is 3.88. The fourth-order valence-corrected chi connectivity index (χ4v) is 2.55. The molecule has 1 aromatic rings. The summed E-state index contributed by atoms with van der Waals surface area (Å²) < 4.78 is 25.6. The van der Waals surface area contributed by atoms with Crippen molar-refractivity contribution in [1.82, 2.24) is 4.98 Å².